The van der Waals surface area contributed by atoms with Crippen molar-refractivity contribution in [2.75, 3.05) is 38.5 Å². The predicted molar refractivity (Wildman–Crippen MR) is 112 cm³/mol. The van der Waals surface area contributed by atoms with Gasteiger partial charge in [-0.1, -0.05) is 0 Å². The third-order valence-electron chi connectivity index (χ3n) is 4.35. The maximum absolute atomic E-state index is 5.90. The van der Waals surface area contributed by atoms with Gasteiger partial charge >= 0.3 is 184 Å². The second kappa shape index (κ2) is 8.69. The molecule has 1 saturated heterocycles. The van der Waals surface area contributed by atoms with Crippen molar-refractivity contribution in [2.45, 2.75) is 6.92 Å². The van der Waals surface area contributed by atoms with Gasteiger partial charge in [0, 0.05) is 0 Å². The number of hydrogen-bond donors (Lipinski definition) is 1. The topological polar surface area (TPSA) is 44.3 Å². The molecule has 2 aliphatic heterocycles. The molecule has 1 fully saturated rings. The Bertz CT molecular complexity index is 872. The first-order valence-electron chi connectivity index (χ1n) is 8.59. The van der Waals surface area contributed by atoms with Crippen molar-refractivity contribution in [1.82, 2.24) is 19.8 Å². The third kappa shape index (κ3) is 4.79. The number of pyridine rings is 1. The van der Waals surface area contributed by atoms with Crippen LogP contribution in [0.1, 0.15) is 12.6 Å². The van der Waals surface area contributed by atoms with E-state index < -0.39 is 0 Å². The number of piperazine rings is 1. The summed E-state index contributed by atoms with van der Waals surface area (Å²) in [6.45, 7) is 6.73. The molecule has 2 aliphatic rings. The first-order valence-corrected chi connectivity index (χ1v) is 13.0. The molecule has 2 aromatic heterocycles. The first kappa shape index (κ1) is 19.5. The SMILES string of the molecule is CC1=C(c2csc(Nc3ccc(Cl)cn3)n2)SC(N2CCN(C)CC2)=C[I-]1. The van der Waals surface area contributed by atoms with Gasteiger partial charge in [0.1, 0.15) is 0 Å². The van der Waals surface area contributed by atoms with Crippen molar-refractivity contribution < 1.29 is 21.2 Å². The third-order valence-corrected chi connectivity index (χ3v) is 9.79. The van der Waals surface area contributed by atoms with Crippen LogP contribution >= 0.6 is 34.7 Å². The predicted octanol–water partition coefficient (Wildman–Crippen LogP) is 1.51. The van der Waals surface area contributed by atoms with E-state index in [-0.39, 0.29) is 21.2 Å². The fourth-order valence-electron chi connectivity index (χ4n) is 2.76. The summed E-state index contributed by atoms with van der Waals surface area (Å²) in [7, 11) is 2.20. The van der Waals surface area contributed by atoms with Crippen LogP contribution < -0.4 is 26.5 Å². The Morgan fingerprint density at radius 2 is 2.04 bits per heavy atom. The van der Waals surface area contributed by atoms with Crippen LogP contribution in [0.15, 0.2) is 36.4 Å². The monoisotopic (exact) mass is 532 g/mol. The van der Waals surface area contributed by atoms with Gasteiger partial charge in [-0.25, -0.2) is 0 Å². The molecular weight excluding hydrogens is 513 g/mol. The van der Waals surface area contributed by atoms with Crippen molar-refractivity contribution in [3.8, 4) is 0 Å². The number of halogens is 2. The van der Waals surface area contributed by atoms with Crippen LogP contribution in [0.3, 0.4) is 0 Å². The van der Waals surface area contributed by atoms with Crippen LogP contribution in [-0.2, 0) is 0 Å². The Balaban J connectivity index is 1.46. The Morgan fingerprint density at radius 3 is 2.78 bits per heavy atom. The summed E-state index contributed by atoms with van der Waals surface area (Å²) in [5.74, 6) is 0.757. The van der Waals surface area contributed by atoms with Crippen molar-refractivity contribution >= 4 is 50.6 Å². The standard InChI is InChI=1S/C18H20ClIN5S2/c1-12-17(27-16(9-20-12)25-7-5-24(2)6-8-25)14-11-26-18(22-14)23-15-4-3-13(19)10-21-15/h3-4,9-11H,5-8H2,1-2H3,(H,21,22,23)/q-1. The number of nitrogens with zero attached hydrogens (tertiary/aromatic N) is 4. The van der Waals surface area contributed by atoms with Gasteiger partial charge in [0.05, 0.1) is 0 Å². The zero-order valence-electron chi connectivity index (χ0n) is 15.1. The van der Waals surface area contributed by atoms with Gasteiger partial charge in [0.25, 0.3) is 0 Å². The van der Waals surface area contributed by atoms with E-state index in [0.717, 1.165) is 42.8 Å². The van der Waals surface area contributed by atoms with Crippen LogP contribution in [0.5, 0.6) is 0 Å². The van der Waals surface area contributed by atoms with E-state index in [9.17, 15) is 0 Å². The van der Waals surface area contributed by atoms with Gasteiger partial charge < -0.3 is 0 Å². The van der Waals surface area contributed by atoms with Crippen LogP contribution in [0.25, 0.3) is 4.91 Å². The summed E-state index contributed by atoms with van der Waals surface area (Å²) in [4.78, 5) is 15.3. The molecule has 4 rings (SSSR count). The van der Waals surface area contributed by atoms with E-state index in [0.29, 0.717) is 5.02 Å². The Labute approximate surface area is 183 Å². The molecule has 0 saturated carbocycles. The summed E-state index contributed by atoms with van der Waals surface area (Å²) < 4.78 is 3.95. The summed E-state index contributed by atoms with van der Waals surface area (Å²) in [5, 5.41) is 8.31. The Kier molecular flexibility index (Phi) is 6.28. The summed E-state index contributed by atoms with van der Waals surface area (Å²) in [6, 6.07) is 3.69. The minimum absolute atomic E-state index is 0.0774. The molecule has 0 spiro atoms. The molecule has 1 N–H and O–H groups in total. The quantitative estimate of drug-likeness (QED) is 0.603. The molecule has 5 nitrogen and oxygen atoms in total. The van der Waals surface area contributed by atoms with E-state index in [1.54, 1.807) is 17.5 Å². The average Bonchev–Trinajstić information content (AvgIpc) is 3.13. The average molecular weight is 533 g/mol. The number of hydrogen-bond acceptors (Lipinski definition) is 7. The molecule has 2 aromatic rings. The van der Waals surface area contributed by atoms with Crippen LogP contribution in [0.2, 0.25) is 5.02 Å². The minimum atomic E-state index is -0.0774. The van der Waals surface area contributed by atoms with E-state index >= 15 is 0 Å². The van der Waals surface area contributed by atoms with Crippen LogP contribution in [0, 0.1) is 0 Å². The van der Waals surface area contributed by atoms with E-state index in [1.807, 2.05) is 23.9 Å². The number of thioether (sulfide) groups is 1. The maximum atomic E-state index is 5.90. The zero-order valence-corrected chi connectivity index (χ0v) is 19.6. The molecular formula is C18H20ClIN5S2-. The van der Waals surface area contributed by atoms with E-state index in [2.05, 4.69) is 43.5 Å². The summed E-state index contributed by atoms with van der Waals surface area (Å²) in [6.07, 6.45) is 1.64. The summed E-state index contributed by atoms with van der Waals surface area (Å²) in [5.41, 5.74) is 1.07. The number of likely N-dealkylation sites (N-methyl/N-ethyl adjacent to an activating group) is 1. The molecule has 144 valence electrons. The van der Waals surface area contributed by atoms with Gasteiger partial charge in [0.2, 0.25) is 0 Å². The number of allylic oxidation sites excluding steroid dienone is 1. The molecule has 0 atom stereocenters. The van der Waals surface area contributed by atoms with Crippen molar-refractivity contribution in [2.24, 2.45) is 0 Å². The molecule has 0 radical (unpaired) electrons. The molecule has 0 aliphatic carbocycles. The molecule has 4 heterocycles. The first-order chi connectivity index (χ1) is 13.1. The van der Waals surface area contributed by atoms with E-state index in [4.69, 9.17) is 16.6 Å². The van der Waals surface area contributed by atoms with Gasteiger partial charge in [-0.3, -0.25) is 0 Å². The summed E-state index contributed by atoms with van der Waals surface area (Å²) >= 11 is 9.32. The van der Waals surface area contributed by atoms with Crippen molar-refractivity contribution in [3.05, 3.63) is 47.1 Å². The molecule has 0 aromatic carbocycles. The molecule has 9 heteroatoms. The fraction of sp³-hybridized carbons (Fsp3) is 0.333. The fourth-order valence-corrected chi connectivity index (χ4v) is 7.56. The second-order valence-electron chi connectivity index (χ2n) is 6.34. The number of rotatable bonds is 4. The molecule has 0 amide bonds. The normalized spacial score (nSPS) is 18.9. The van der Waals surface area contributed by atoms with Gasteiger partial charge in [-0.2, -0.15) is 0 Å². The van der Waals surface area contributed by atoms with Crippen LogP contribution in [-0.4, -0.2) is 53.0 Å². The van der Waals surface area contributed by atoms with Crippen LogP contribution in [0.4, 0.5) is 10.9 Å². The molecule has 27 heavy (non-hydrogen) atoms. The number of nitrogens with one attached hydrogen (secondary N) is 1. The van der Waals surface area contributed by atoms with Crippen molar-refractivity contribution in [1.29, 1.82) is 0 Å². The molecule has 0 unspecified atom stereocenters. The number of thiazole rings is 1. The Hall–Kier alpha value is -0.810. The zero-order chi connectivity index (χ0) is 18.8. The van der Waals surface area contributed by atoms with Crippen molar-refractivity contribution in [3.63, 3.8) is 0 Å². The van der Waals surface area contributed by atoms with Gasteiger partial charge in [-0.15, -0.1) is 0 Å². The second-order valence-corrected chi connectivity index (χ2v) is 11.5. The van der Waals surface area contributed by atoms with Gasteiger partial charge in [-0.05, 0) is 0 Å². The van der Waals surface area contributed by atoms with E-state index in [1.165, 1.54) is 13.5 Å². The Morgan fingerprint density at radius 1 is 1.22 bits per heavy atom. The number of anilines is 2. The molecule has 0 bridgehead atoms. The van der Waals surface area contributed by atoms with Gasteiger partial charge in [0.15, 0.2) is 0 Å². The number of aromatic nitrogens is 2.